The van der Waals surface area contributed by atoms with Crippen LogP contribution in [0.1, 0.15) is 5.56 Å². The average Bonchev–Trinajstić information content (AvgIpc) is 2.88. The lowest BCUT2D eigenvalue weighted by atomic mass is 10.1. The van der Waals surface area contributed by atoms with Crippen molar-refractivity contribution >= 4 is 32.5 Å². The molecule has 0 fully saturated rings. The Labute approximate surface area is 145 Å². The van der Waals surface area contributed by atoms with Gasteiger partial charge in [-0.1, -0.05) is 17.7 Å². The highest BCUT2D eigenvalue weighted by Crippen LogP contribution is 2.26. The van der Waals surface area contributed by atoms with Crippen LogP contribution in [-0.2, 0) is 23.6 Å². The molecule has 2 aromatic carbocycles. The zero-order valence-electron chi connectivity index (χ0n) is 13.3. The smallest absolute Gasteiger partial charge is 0.240 e. The Bertz CT molecular complexity index is 996. The Hall–Kier alpha value is -2.02. The number of methoxy groups -OCH3 is 1. The third-order valence-corrected chi connectivity index (χ3v) is 5.47. The number of hydrogen-bond donors (Lipinski definition) is 1. The highest BCUT2D eigenvalue weighted by Gasteiger charge is 2.16. The average molecular weight is 365 g/mol. The van der Waals surface area contributed by atoms with E-state index in [-0.39, 0.29) is 11.4 Å². The molecule has 5 nitrogen and oxygen atoms in total. The van der Waals surface area contributed by atoms with E-state index in [0.29, 0.717) is 5.02 Å². The molecule has 0 aliphatic heterocycles. The Balaban J connectivity index is 1.90. The molecule has 3 rings (SSSR count). The Morgan fingerprint density at radius 3 is 2.71 bits per heavy atom. The maximum atomic E-state index is 12.4. The summed E-state index contributed by atoms with van der Waals surface area (Å²) >= 11 is 5.87. The van der Waals surface area contributed by atoms with Gasteiger partial charge in [0.2, 0.25) is 10.0 Å². The molecule has 0 unspecified atom stereocenters. The molecular weight excluding hydrogens is 348 g/mol. The number of rotatable bonds is 5. The summed E-state index contributed by atoms with van der Waals surface area (Å²) in [5, 5.41) is 1.33. The van der Waals surface area contributed by atoms with Crippen molar-refractivity contribution in [3.63, 3.8) is 0 Å². The lowest BCUT2D eigenvalue weighted by Crippen LogP contribution is -2.23. The molecule has 0 amide bonds. The van der Waals surface area contributed by atoms with Crippen molar-refractivity contribution in [2.24, 2.45) is 7.05 Å². The van der Waals surface area contributed by atoms with E-state index in [4.69, 9.17) is 16.3 Å². The van der Waals surface area contributed by atoms with Crippen molar-refractivity contribution in [3.8, 4) is 5.75 Å². The van der Waals surface area contributed by atoms with Crippen LogP contribution in [0.25, 0.3) is 10.9 Å². The van der Waals surface area contributed by atoms with Crippen LogP contribution in [0, 0.1) is 0 Å². The van der Waals surface area contributed by atoms with E-state index >= 15 is 0 Å². The van der Waals surface area contributed by atoms with Gasteiger partial charge in [0, 0.05) is 35.7 Å². The zero-order chi connectivity index (χ0) is 17.3. The van der Waals surface area contributed by atoms with Gasteiger partial charge in [0.15, 0.2) is 0 Å². The van der Waals surface area contributed by atoms with Crippen LogP contribution in [-0.4, -0.2) is 20.1 Å². The van der Waals surface area contributed by atoms with Gasteiger partial charge in [-0.15, -0.1) is 0 Å². The first kappa shape index (κ1) is 16.8. The van der Waals surface area contributed by atoms with Gasteiger partial charge in [-0.05, 0) is 42.0 Å². The summed E-state index contributed by atoms with van der Waals surface area (Å²) in [6.07, 6.45) is 1.91. The summed E-state index contributed by atoms with van der Waals surface area (Å²) in [5.74, 6) is 0.729. The number of benzene rings is 2. The fourth-order valence-electron chi connectivity index (χ4n) is 2.61. The van der Waals surface area contributed by atoms with Gasteiger partial charge in [-0.25, -0.2) is 13.1 Å². The van der Waals surface area contributed by atoms with Crippen molar-refractivity contribution in [1.29, 1.82) is 0 Å². The van der Waals surface area contributed by atoms with E-state index in [1.165, 1.54) is 12.1 Å². The number of fused-ring (bicyclic) bond motifs is 1. The molecular formula is C17H17ClN2O3S. The molecule has 0 saturated carbocycles. The highest BCUT2D eigenvalue weighted by molar-refractivity contribution is 7.89. The van der Waals surface area contributed by atoms with Gasteiger partial charge in [0.05, 0.1) is 12.0 Å². The Morgan fingerprint density at radius 2 is 2.00 bits per heavy atom. The largest absolute Gasteiger partial charge is 0.497 e. The van der Waals surface area contributed by atoms with Crippen LogP contribution < -0.4 is 9.46 Å². The maximum Gasteiger partial charge on any atom is 0.240 e. The molecule has 0 aliphatic carbocycles. The van der Waals surface area contributed by atoms with Gasteiger partial charge < -0.3 is 9.30 Å². The summed E-state index contributed by atoms with van der Waals surface area (Å²) in [6.45, 7) is 0.180. The molecule has 0 atom stereocenters. The Morgan fingerprint density at radius 1 is 1.21 bits per heavy atom. The van der Waals surface area contributed by atoms with Crippen LogP contribution in [0.15, 0.2) is 53.6 Å². The van der Waals surface area contributed by atoms with Crippen LogP contribution >= 0.6 is 11.6 Å². The molecule has 24 heavy (non-hydrogen) atoms. The summed E-state index contributed by atoms with van der Waals surface area (Å²) in [4.78, 5) is 0.146. The SMILES string of the molecule is COc1ccc2c(c1)c(CNS(=O)(=O)c1cccc(Cl)c1)cn2C. The predicted molar refractivity (Wildman–Crippen MR) is 94.9 cm³/mol. The zero-order valence-corrected chi connectivity index (χ0v) is 14.9. The number of sulfonamides is 1. The van der Waals surface area contributed by atoms with E-state index in [2.05, 4.69) is 4.72 Å². The molecule has 1 aromatic heterocycles. The molecule has 3 aromatic rings. The van der Waals surface area contributed by atoms with Crippen molar-refractivity contribution in [2.75, 3.05) is 7.11 Å². The number of aromatic nitrogens is 1. The van der Waals surface area contributed by atoms with E-state index < -0.39 is 10.0 Å². The van der Waals surface area contributed by atoms with Crippen LogP contribution in [0.5, 0.6) is 5.75 Å². The lowest BCUT2D eigenvalue weighted by molar-refractivity contribution is 0.415. The quantitative estimate of drug-likeness (QED) is 0.755. The minimum atomic E-state index is -3.63. The molecule has 1 heterocycles. The summed E-state index contributed by atoms with van der Waals surface area (Å²) in [5.41, 5.74) is 1.88. The first-order chi connectivity index (χ1) is 11.4. The monoisotopic (exact) mass is 364 g/mol. The van der Waals surface area contributed by atoms with Crippen molar-refractivity contribution < 1.29 is 13.2 Å². The second-order valence-corrected chi connectivity index (χ2v) is 7.63. The standard InChI is InChI=1S/C17H17ClN2O3S/c1-20-11-12(16-9-14(23-2)6-7-17(16)20)10-19-24(21,22)15-5-3-4-13(18)8-15/h3-9,11,19H,10H2,1-2H3. The molecule has 7 heteroatoms. The number of nitrogens with one attached hydrogen (secondary N) is 1. The lowest BCUT2D eigenvalue weighted by Gasteiger charge is -2.07. The number of hydrogen-bond acceptors (Lipinski definition) is 3. The Kier molecular flexibility index (Phi) is 4.54. The molecule has 0 saturated heterocycles. The molecule has 1 N–H and O–H groups in total. The van der Waals surface area contributed by atoms with Gasteiger partial charge >= 0.3 is 0 Å². The van der Waals surface area contributed by atoms with E-state index in [1.54, 1.807) is 19.2 Å². The first-order valence-electron chi connectivity index (χ1n) is 7.28. The minimum Gasteiger partial charge on any atom is -0.497 e. The third-order valence-electron chi connectivity index (χ3n) is 3.84. The van der Waals surface area contributed by atoms with Crippen molar-refractivity contribution in [3.05, 3.63) is 59.2 Å². The highest BCUT2D eigenvalue weighted by atomic mass is 35.5. The normalized spacial score (nSPS) is 11.8. The van der Waals surface area contributed by atoms with Gasteiger partial charge in [-0.3, -0.25) is 0 Å². The molecule has 126 valence electrons. The van der Waals surface area contributed by atoms with E-state index in [9.17, 15) is 8.42 Å². The fourth-order valence-corrected chi connectivity index (χ4v) is 3.92. The minimum absolute atomic E-state index is 0.146. The number of aryl methyl sites for hydroxylation is 1. The second kappa shape index (κ2) is 6.47. The van der Waals surface area contributed by atoms with Crippen LogP contribution in [0.2, 0.25) is 5.02 Å². The molecule has 0 bridgehead atoms. The first-order valence-corrected chi connectivity index (χ1v) is 9.14. The van der Waals surface area contributed by atoms with Gasteiger partial charge in [0.1, 0.15) is 5.75 Å². The third kappa shape index (κ3) is 3.26. The van der Waals surface area contributed by atoms with Gasteiger partial charge in [-0.2, -0.15) is 0 Å². The predicted octanol–water partition coefficient (Wildman–Crippen LogP) is 3.32. The summed E-state index contributed by atoms with van der Waals surface area (Å²) in [6, 6.07) is 11.9. The topological polar surface area (TPSA) is 60.3 Å². The number of halogens is 1. The van der Waals surface area contributed by atoms with Crippen LogP contribution in [0.3, 0.4) is 0 Å². The van der Waals surface area contributed by atoms with Crippen LogP contribution in [0.4, 0.5) is 0 Å². The number of nitrogens with zero attached hydrogens (tertiary/aromatic N) is 1. The van der Waals surface area contributed by atoms with E-state index in [1.807, 2.05) is 36.0 Å². The van der Waals surface area contributed by atoms with Crippen molar-refractivity contribution in [1.82, 2.24) is 9.29 Å². The summed E-state index contributed by atoms with van der Waals surface area (Å²) < 4.78 is 34.7. The maximum absolute atomic E-state index is 12.4. The van der Waals surface area contributed by atoms with Crippen molar-refractivity contribution in [2.45, 2.75) is 11.4 Å². The molecule has 0 radical (unpaired) electrons. The number of ether oxygens (including phenoxy) is 1. The van der Waals surface area contributed by atoms with Gasteiger partial charge in [0.25, 0.3) is 0 Å². The summed E-state index contributed by atoms with van der Waals surface area (Å²) in [7, 11) is -0.108. The van der Waals surface area contributed by atoms with E-state index in [0.717, 1.165) is 22.2 Å². The fraction of sp³-hybridized carbons (Fsp3) is 0.176. The second-order valence-electron chi connectivity index (χ2n) is 5.43. The molecule has 0 aliphatic rings. The molecule has 0 spiro atoms.